The summed E-state index contributed by atoms with van der Waals surface area (Å²) in [6, 6.07) is 7.84. The first kappa shape index (κ1) is 24.7. The number of alkyl halides is 2. The zero-order chi connectivity index (χ0) is 25.0. The minimum Gasteiger partial charge on any atom is -0.342 e. The molecule has 184 valence electrons. The van der Waals surface area contributed by atoms with Crippen molar-refractivity contribution in [2.45, 2.75) is 44.1 Å². The van der Waals surface area contributed by atoms with Gasteiger partial charge in [-0.05, 0) is 37.0 Å². The highest BCUT2D eigenvalue weighted by atomic mass is 32.1. The van der Waals surface area contributed by atoms with Crippen LogP contribution in [0.2, 0.25) is 0 Å². The van der Waals surface area contributed by atoms with Gasteiger partial charge in [0.15, 0.2) is 0 Å². The first-order valence-electron chi connectivity index (χ1n) is 11.4. The number of amides is 3. The Balaban J connectivity index is 1.29. The number of piperidine rings is 1. The van der Waals surface area contributed by atoms with E-state index in [-0.39, 0.29) is 11.6 Å². The lowest BCUT2D eigenvalue weighted by Gasteiger charge is -2.26. The number of hydrogen-bond acceptors (Lipinski definition) is 6. The Morgan fingerprint density at radius 2 is 1.89 bits per heavy atom. The molecule has 0 saturated carbocycles. The molecule has 1 N–H and O–H groups in total. The summed E-state index contributed by atoms with van der Waals surface area (Å²) in [6.45, 7) is 0.259. The van der Waals surface area contributed by atoms with Gasteiger partial charge in [-0.3, -0.25) is 14.4 Å². The van der Waals surface area contributed by atoms with Crippen LogP contribution in [-0.2, 0) is 11.2 Å². The Bertz CT molecular complexity index is 1140. The summed E-state index contributed by atoms with van der Waals surface area (Å²) < 4.78 is 27.0. The number of nitriles is 1. The van der Waals surface area contributed by atoms with Crippen molar-refractivity contribution < 1.29 is 23.2 Å². The fourth-order valence-corrected chi connectivity index (χ4v) is 5.07. The van der Waals surface area contributed by atoms with E-state index in [2.05, 4.69) is 10.3 Å². The van der Waals surface area contributed by atoms with E-state index in [0.29, 0.717) is 17.0 Å². The minimum absolute atomic E-state index is 0.0396. The lowest BCUT2D eigenvalue weighted by molar-refractivity contribution is -0.131. The van der Waals surface area contributed by atoms with Gasteiger partial charge in [-0.2, -0.15) is 5.26 Å². The maximum Gasteiger partial charge on any atom is 0.271 e. The van der Waals surface area contributed by atoms with Crippen molar-refractivity contribution in [1.82, 2.24) is 20.1 Å². The van der Waals surface area contributed by atoms with Crippen LogP contribution in [-0.4, -0.2) is 70.6 Å². The summed E-state index contributed by atoms with van der Waals surface area (Å²) in [7, 11) is 0. The fraction of sp³-hybridized carbons (Fsp3) is 0.458. The van der Waals surface area contributed by atoms with Crippen LogP contribution in [0.1, 0.15) is 57.1 Å². The van der Waals surface area contributed by atoms with E-state index < -0.39 is 43.3 Å². The lowest BCUT2D eigenvalue weighted by atomic mass is 10.1. The maximum absolute atomic E-state index is 13.5. The Labute approximate surface area is 205 Å². The van der Waals surface area contributed by atoms with Gasteiger partial charge in [0.2, 0.25) is 5.91 Å². The van der Waals surface area contributed by atoms with Gasteiger partial charge < -0.3 is 15.1 Å². The molecule has 3 amide bonds. The number of carbonyl (C=O) groups is 3. The van der Waals surface area contributed by atoms with Crippen molar-refractivity contribution in [2.24, 2.45) is 0 Å². The number of halogens is 2. The Kier molecular flexibility index (Phi) is 7.40. The molecule has 0 unspecified atom stereocenters. The third-order valence-corrected chi connectivity index (χ3v) is 6.97. The van der Waals surface area contributed by atoms with Gasteiger partial charge in [-0.25, -0.2) is 13.8 Å². The molecular weight excluding hydrogens is 476 g/mol. The van der Waals surface area contributed by atoms with E-state index in [1.165, 1.54) is 11.3 Å². The van der Waals surface area contributed by atoms with Crippen LogP contribution < -0.4 is 5.32 Å². The van der Waals surface area contributed by atoms with Crippen molar-refractivity contribution in [2.75, 3.05) is 26.2 Å². The number of hydrogen-bond donors (Lipinski definition) is 1. The Hall–Kier alpha value is -3.39. The highest BCUT2D eigenvalue weighted by molar-refractivity contribution is 7.09. The molecule has 2 saturated heterocycles. The topological polar surface area (TPSA) is 106 Å². The Morgan fingerprint density at radius 3 is 2.57 bits per heavy atom. The van der Waals surface area contributed by atoms with Crippen LogP contribution in [0.25, 0.3) is 0 Å². The summed E-state index contributed by atoms with van der Waals surface area (Å²) in [5.74, 6) is -4.40. The Morgan fingerprint density at radius 1 is 1.17 bits per heavy atom. The normalized spacial score (nSPS) is 19.3. The molecule has 0 aliphatic carbocycles. The molecule has 11 heteroatoms. The highest BCUT2D eigenvalue weighted by Gasteiger charge is 2.47. The molecule has 0 bridgehead atoms. The minimum atomic E-state index is -3.11. The van der Waals surface area contributed by atoms with Crippen LogP contribution in [0.15, 0.2) is 29.6 Å². The molecule has 0 radical (unpaired) electrons. The molecule has 1 atom stereocenters. The third kappa shape index (κ3) is 6.00. The largest absolute Gasteiger partial charge is 0.342 e. The summed E-state index contributed by atoms with van der Waals surface area (Å²) in [4.78, 5) is 44.2. The van der Waals surface area contributed by atoms with E-state index in [1.54, 1.807) is 23.6 Å². The number of nitrogens with zero attached hydrogens (tertiary/aromatic N) is 4. The average Bonchev–Trinajstić information content (AvgIpc) is 3.46. The molecule has 0 spiro atoms. The first-order chi connectivity index (χ1) is 16.8. The zero-order valence-electron chi connectivity index (χ0n) is 19.0. The van der Waals surface area contributed by atoms with E-state index in [0.717, 1.165) is 42.8 Å². The van der Waals surface area contributed by atoms with Gasteiger partial charge in [0.25, 0.3) is 17.7 Å². The van der Waals surface area contributed by atoms with Crippen LogP contribution in [0.3, 0.4) is 0 Å². The number of aromatic nitrogens is 1. The van der Waals surface area contributed by atoms with Gasteiger partial charge in [0.1, 0.15) is 11.7 Å². The van der Waals surface area contributed by atoms with Gasteiger partial charge >= 0.3 is 0 Å². The molecule has 35 heavy (non-hydrogen) atoms. The summed E-state index contributed by atoms with van der Waals surface area (Å²) in [6.07, 6.45) is 3.00. The molecule has 1 aromatic carbocycles. The van der Waals surface area contributed by atoms with Crippen LogP contribution in [0, 0.1) is 11.3 Å². The van der Waals surface area contributed by atoms with Crippen LogP contribution >= 0.6 is 11.3 Å². The van der Waals surface area contributed by atoms with Gasteiger partial charge in [-0.15, -0.1) is 11.3 Å². The second-order valence-electron chi connectivity index (χ2n) is 8.76. The van der Waals surface area contributed by atoms with Gasteiger partial charge in [-0.1, -0.05) is 12.1 Å². The maximum atomic E-state index is 13.5. The van der Waals surface area contributed by atoms with Crippen LogP contribution in [0.4, 0.5) is 8.78 Å². The summed E-state index contributed by atoms with van der Waals surface area (Å²) in [5, 5.41) is 13.6. The van der Waals surface area contributed by atoms with Crippen molar-refractivity contribution in [3.63, 3.8) is 0 Å². The molecule has 2 aliphatic rings. The number of carbonyl (C=O) groups excluding carboxylic acids is 3. The summed E-state index contributed by atoms with van der Waals surface area (Å²) in [5.41, 5.74) is 1.71. The van der Waals surface area contributed by atoms with E-state index >= 15 is 0 Å². The predicted molar refractivity (Wildman–Crippen MR) is 124 cm³/mol. The second kappa shape index (κ2) is 10.5. The molecule has 3 heterocycles. The molecule has 4 rings (SSSR count). The van der Waals surface area contributed by atoms with Gasteiger partial charge in [0, 0.05) is 36.9 Å². The first-order valence-corrected chi connectivity index (χ1v) is 12.3. The fourth-order valence-electron chi connectivity index (χ4n) is 4.26. The zero-order valence-corrected chi connectivity index (χ0v) is 19.8. The second-order valence-corrected chi connectivity index (χ2v) is 9.70. The molecule has 2 fully saturated rings. The number of nitrogens with one attached hydrogen (secondary N) is 1. The van der Waals surface area contributed by atoms with E-state index in [9.17, 15) is 23.2 Å². The number of likely N-dealkylation sites (tertiary alicyclic amines) is 2. The van der Waals surface area contributed by atoms with Crippen molar-refractivity contribution in [1.29, 1.82) is 5.26 Å². The molecular formula is C24H25F2N5O3S. The smallest absolute Gasteiger partial charge is 0.271 e. The molecule has 8 nitrogen and oxygen atoms in total. The average molecular weight is 502 g/mol. The number of benzene rings is 1. The molecule has 2 aliphatic heterocycles. The molecule has 2 aromatic rings. The van der Waals surface area contributed by atoms with E-state index in [1.807, 2.05) is 17.0 Å². The highest BCUT2D eigenvalue weighted by Crippen LogP contribution is 2.31. The molecule has 1 aromatic heterocycles. The standard InChI is InChI=1S/C24H25F2N5O3S/c25-24(26)11-18(12-27)31(15-24)21(32)13-28-22(33)19-14-35-20(29-19)10-16-4-6-17(7-5-16)23(34)30-8-2-1-3-9-30/h4-7,14,18H,1-3,8-11,13,15H2,(H,28,33)/t18-/m0/s1. The quantitative estimate of drug-likeness (QED) is 0.655. The van der Waals surface area contributed by atoms with Crippen molar-refractivity contribution in [3.8, 4) is 6.07 Å². The summed E-state index contributed by atoms with van der Waals surface area (Å²) >= 11 is 1.28. The predicted octanol–water partition coefficient (Wildman–Crippen LogP) is 2.85. The SMILES string of the molecule is N#C[C@@H]1CC(F)(F)CN1C(=O)CNC(=O)c1csc(Cc2ccc(C(=O)N3CCCCC3)cc2)n1. The lowest BCUT2D eigenvalue weighted by Crippen LogP contribution is -2.43. The number of thiazole rings is 1. The van der Waals surface area contributed by atoms with Crippen LogP contribution in [0.5, 0.6) is 0 Å². The van der Waals surface area contributed by atoms with Crippen molar-refractivity contribution in [3.05, 3.63) is 51.5 Å². The monoisotopic (exact) mass is 501 g/mol. The van der Waals surface area contributed by atoms with E-state index in [4.69, 9.17) is 5.26 Å². The van der Waals surface area contributed by atoms with Crippen molar-refractivity contribution >= 4 is 29.1 Å². The third-order valence-electron chi connectivity index (χ3n) is 6.12. The van der Waals surface area contributed by atoms with Gasteiger partial charge in [0.05, 0.1) is 24.2 Å². The number of rotatable bonds is 6.